The lowest BCUT2D eigenvalue weighted by Gasteiger charge is -2.25. The Morgan fingerprint density at radius 1 is 1.14 bits per heavy atom. The Morgan fingerprint density at radius 2 is 1.89 bits per heavy atom. The molecule has 2 aliphatic rings. The van der Waals surface area contributed by atoms with E-state index < -0.39 is 0 Å². The number of aliphatic imine (C=N–C) groups is 1. The van der Waals surface area contributed by atoms with E-state index in [-0.39, 0.29) is 11.7 Å². The number of fused-ring (bicyclic) bond motifs is 1. The number of allylic oxidation sites excluding steroid dienone is 1. The molecule has 28 heavy (non-hydrogen) atoms. The molecular formula is C22H22N4OS. The third-order valence-corrected chi connectivity index (χ3v) is 6.32. The molecule has 0 saturated carbocycles. The number of carbonyl (C=O) groups is 1. The number of rotatable bonds is 2. The van der Waals surface area contributed by atoms with Gasteiger partial charge in [0.25, 0.3) is 5.91 Å². The van der Waals surface area contributed by atoms with E-state index in [0.717, 1.165) is 28.3 Å². The normalized spacial score (nSPS) is 17.9. The van der Waals surface area contributed by atoms with Crippen molar-refractivity contribution in [3.8, 4) is 5.69 Å². The maximum absolute atomic E-state index is 12.6. The Hall–Kier alpha value is -2.86. The fourth-order valence-corrected chi connectivity index (χ4v) is 4.54. The number of nitrogens with zero attached hydrogens (tertiary/aromatic N) is 3. The summed E-state index contributed by atoms with van der Waals surface area (Å²) in [6.07, 6.45) is 1.80. The number of hydrogen-bond donors (Lipinski definition) is 1. The lowest BCUT2D eigenvalue weighted by atomic mass is 10.1. The van der Waals surface area contributed by atoms with Crippen molar-refractivity contribution in [1.82, 2.24) is 9.47 Å². The number of amides is 1. The minimum Gasteiger partial charge on any atom is -0.318 e. The number of aryl methyl sites for hydroxylation is 2. The molecule has 2 aliphatic heterocycles. The molecule has 1 aromatic carbocycles. The smallest absolute Gasteiger partial charge is 0.283 e. The highest BCUT2D eigenvalue weighted by Gasteiger charge is 2.34. The maximum atomic E-state index is 12.6. The predicted molar refractivity (Wildman–Crippen MR) is 116 cm³/mol. The Bertz CT molecular complexity index is 1130. The van der Waals surface area contributed by atoms with Crippen LogP contribution in [0, 0.1) is 33.1 Å². The second-order valence-electron chi connectivity index (χ2n) is 7.20. The molecule has 0 bridgehead atoms. The molecule has 0 fully saturated rings. The van der Waals surface area contributed by atoms with Crippen LogP contribution in [0.4, 0.5) is 0 Å². The standard InChI is InChI=1S/C22H22N4OS/c1-12-7-6-8-19(15(12)4)25-13(2)9-17(16(25)5)10-18-20(23)26-14(3)11-28-22(26)24-21(18)27/h6-11,23H,1-5H3/b18-10+,23-20?. The fraction of sp³-hybridized carbons (Fsp3) is 0.227. The van der Waals surface area contributed by atoms with Gasteiger partial charge in [-0.25, -0.2) is 0 Å². The summed E-state index contributed by atoms with van der Waals surface area (Å²) in [4.78, 5) is 18.5. The molecule has 6 heteroatoms. The van der Waals surface area contributed by atoms with Crippen LogP contribution in [0.15, 0.2) is 45.9 Å². The lowest BCUT2D eigenvalue weighted by molar-refractivity contribution is -0.114. The van der Waals surface area contributed by atoms with Crippen LogP contribution in [0.3, 0.4) is 0 Å². The number of thioether (sulfide) groups is 1. The van der Waals surface area contributed by atoms with Gasteiger partial charge in [0.2, 0.25) is 0 Å². The third-order valence-electron chi connectivity index (χ3n) is 5.37. The average Bonchev–Trinajstić information content (AvgIpc) is 3.14. The van der Waals surface area contributed by atoms with Crippen LogP contribution in [0.1, 0.15) is 35.0 Å². The van der Waals surface area contributed by atoms with Crippen molar-refractivity contribution in [2.75, 3.05) is 0 Å². The molecule has 1 amide bonds. The second-order valence-corrected chi connectivity index (χ2v) is 8.04. The van der Waals surface area contributed by atoms with Gasteiger partial charge in [-0.2, -0.15) is 4.99 Å². The van der Waals surface area contributed by atoms with Crippen LogP contribution in [0.5, 0.6) is 0 Å². The Morgan fingerprint density at radius 3 is 2.64 bits per heavy atom. The number of benzene rings is 1. The topological polar surface area (TPSA) is 61.5 Å². The highest BCUT2D eigenvalue weighted by molar-refractivity contribution is 8.16. The lowest BCUT2D eigenvalue weighted by Crippen LogP contribution is -2.37. The summed E-state index contributed by atoms with van der Waals surface area (Å²) in [5.74, 6) is -0.173. The van der Waals surface area contributed by atoms with Crippen LogP contribution in [0.2, 0.25) is 0 Å². The molecule has 0 atom stereocenters. The molecule has 142 valence electrons. The van der Waals surface area contributed by atoms with Gasteiger partial charge in [0.15, 0.2) is 5.17 Å². The van der Waals surface area contributed by atoms with Crippen molar-refractivity contribution in [2.45, 2.75) is 34.6 Å². The van der Waals surface area contributed by atoms with Gasteiger partial charge in [-0.05, 0) is 74.9 Å². The minimum absolute atomic E-state index is 0.185. The first-order valence-electron chi connectivity index (χ1n) is 9.12. The summed E-state index contributed by atoms with van der Waals surface area (Å²) < 4.78 is 2.21. The SMILES string of the molecule is CC1=CSC2=NC(=O)/C(=C/c3cc(C)n(-c4cccc(C)c4C)c3C)C(=N)N12. The zero-order valence-electron chi connectivity index (χ0n) is 16.6. The molecule has 0 aliphatic carbocycles. The molecule has 2 aromatic rings. The molecule has 0 spiro atoms. The quantitative estimate of drug-likeness (QED) is 0.744. The summed E-state index contributed by atoms with van der Waals surface area (Å²) in [5.41, 5.74) is 7.90. The van der Waals surface area contributed by atoms with Crippen molar-refractivity contribution in [2.24, 2.45) is 4.99 Å². The number of carbonyl (C=O) groups excluding carboxylic acids is 1. The summed E-state index contributed by atoms with van der Waals surface area (Å²) in [6, 6.07) is 8.34. The van der Waals surface area contributed by atoms with Crippen LogP contribution >= 0.6 is 11.8 Å². The molecular weight excluding hydrogens is 368 g/mol. The van der Waals surface area contributed by atoms with E-state index in [9.17, 15) is 4.79 Å². The monoisotopic (exact) mass is 390 g/mol. The van der Waals surface area contributed by atoms with E-state index >= 15 is 0 Å². The zero-order valence-corrected chi connectivity index (χ0v) is 17.4. The number of hydrogen-bond acceptors (Lipinski definition) is 3. The first-order valence-corrected chi connectivity index (χ1v) is 10.00. The summed E-state index contributed by atoms with van der Waals surface area (Å²) in [5, 5.41) is 11.0. The van der Waals surface area contributed by atoms with E-state index in [1.165, 1.54) is 22.9 Å². The molecule has 3 heterocycles. The van der Waals surface area contributed by atoms with Crippen LogP contribution in [-0.4, -0.2) is 26.4 Å². The van der Waals surface area contributed by atoms with Gasteiger partial charge in [0, 0.05) is 22.8 Å². The van der Waals surface area contributed by atoms with Crippen LogP contribution in [-0.2, 0) is 4.79 Å². The minimum atomic E-state index is -0.358. The molecule has 1 N–H and O–H groups in total. The fourth-order valence-electron chi connectivity index (χ4n) is 3.68. The average molecular weight is 391 g/mol. The molecule has 4 rings (SSSR count). The van der Waals surface area contributed by atoms with E-state index in [2.05, 4.69) is 54.6 Å². The van der Waals surface area contributed by atoms with Crippen molar-refractivity contribution in [1.29, 1.82) is 5.41 Å². The predicted octanol–water partition coefficient (Wildman–Crippen LogP) is 4.88. The van der Waals surface area contributed by atoms with Gasteiger partial charge >= 0.3 is 0 Å². The molecule has 0 saturated heterocycles. The van der Waals surface area contributed by atoms with Crippen molar-refractivity contribution in [3.63, 3.8) is 0 Å². The van der Waals surface area contributed by atoms with Crippen LogP contribution in [0.25, 0.3) is 11.8 Å². The summed E-state index contributed by atoms with van der Waals surface area (Å²) >= 11 is 1.38. The van der Waals surface area contributed by atoms with Gasteiger partial charge in [0.05, 0.1) is 5.57 Å². The van der Waals surface area contributed by atoms with Gasteiger partial charge in [-0.15, -0.1) is 0 Å². The number of aromatic nitrogens is 1. The van der Waals surface area contributed by atoms with E-state index in [0.29, 0.717) is 10.7 Å². The molecule has 1 aromatic heterocycles. The van der Waals surface area contributed by atoms with Gasteiger partial charge in [-0.1, -0.05) is 23.9 Å². The third kappa shape index (κ3) is 2.76. The molecule has 0 radical (unpaired) electrons. The number of amidine groups is 2. The van der Waals surface area contributed by atoms with Crippen molar-refractivity contribution >= 4 is 34.7 Å². The summed E-state index contributed by atoms with van der Waals surface area (Å²) in [7, 11) is 0. The van der Waals surface area contributed by atoms with Crippen molar-refractivity contribution in [3.05, 3.63) is 69.0 Å². The van der Waals surface area contributed by atoms with Gasteiger partial charge in [0.1, 0.15) is 5.84 Å². The first-order chi connectivity index (χ1) is 13.3. The molecule has 0 unspecified atom stereocenters. The van der Waals surface area contributed by atoms with E-state index in [1.54, 1.807) is 11.0 Å². The van der Waals surface area contributed by atoms with Crippen LogP contribution < -0.4 is 0 Å². The Balaban J connectivity index is 1.82. The van der Waals surface area contributed by atoms with Gasteiger partial charge < -0.3 is 4.57 Å². The highest BCUT2D eigenvalue weighted by atomic mass is 32.2. The summed E-state index contributed by atoms with van der Waals surface area (Å²) in [6.45, 7) is 10.3. The van der Waals surface area contributed by atoms with Crippen molar-refractivity contribution < 1.29 is 4.79 Å². The number of nitrogens with one attached hydrogen (secondary N) is 1. The van der Waals surface area contributed by atoms with Gasteiger partial charge in [-0.3, -0.25) is 15.1 Å². The second kappa shape index (κ2) is 6.63. The zero-order chi connectivity index (χ0) is 20.2. The largest absolute Gasteiger partial charge is 0.318 e. The molecule has 5 nitrogen and oxygen atoms in total. The highest BCUT2D eigenvalue weighted by Crippen LogP contribution is 2.33. The first kappa shape index (κ1) is 18.5. The Labute approximate surface area is 169 Å². The maximum Gasteiger partial charge on any atom is 0.283 e. The Kier molecular flexibility index (Phi) is 4.38. The van der Waals surface area contributed by atoms with E-state index in [4.69, 9.17) is 5.41 Å². The van der Waals surface area contributed by atoms with E-state index in [1.807, 2.05) is 19.3 Å².